The van der Waals surface area contributed by atoms with E-state index in [-0.39, 0.29) is 48.7 Å². The van der Waals surface area contributed by atoms with Gasteiger partial charge in [-0.1, -0.05) is 71.1 Å². The quantitative estimate of drug-likeness (QED) is 0.147. The zero-order valence-corrected chi connectivity index (χ0v) is 41.5. The van der Waals surface area contributed by atoms with Crippen molar-refractivity contribution in [3.63, 3.8) is 0 Å². The summed E-state index contributed by atoms with van der Waals surface area (Å²) < 4.78 is 29.5. The lowest BCUT2D eigenvalue weighted by Crippen LogP contribution is -2.61. The monoisotopic (exact) mass is 928 g/mol. The summed E-state index contributed by atoms with van der Waals surface area (Å²) >= 11 is 0. The number of ether oxygens (including phenoxy) is 5. The van der Waals surface area contributed by atoms with E-state index in [1.165, 1.54) is 12.0 Å². The predicted octanol–water partition coefficient (Wildman–Crippen LogP) is 6.57. The first kappa shape index (κ1) is 55.2. The van der Waals surface area contributed by atoms with Crippen molar-refractivity contribution >= 4 is 29.2 Å². The van der Waals surface area contributed by atoms with Gasteiger partial charge in [-0.25, -0.2) is 4.79 Å². The van der Waals surface area contributed by atoms with Gasteiger partial charge in [0.25, 0.3) is 11.7 Å². The molecule has 0 spiro atoms. The van der Waals surface area contributed by atoms with E-state index in [1.54, 1.807) is 48.0 Å². The molecule has 4 aliphatic rings. The van der Waals surface area contributed by atoms with Crippen molar-refractivity contribution < 1.29 is 63.0 Å². The molecule has 0 aromatic rings. The number of rotatable bonds is 6. The van der Waals surface area contributed by atoms with Crippen molar-refractivity contribution in [2.75, 3.05) is 27.9 Å². The van der Waals surface area contributed by atoms with Crippen LogP contribution in [0.1, 0.15) is 132 Å². The maximum atomic E-state index is 14.4. The topological polar surface area (TPSA) is 195 Å². The predicted molar refractivity (Wildman–Crippen MR) is 250 cm³/mol. The SMILES string of the molecule is CO[C@H]1C[C@@H]2CC[C@@H](C)[C@@](O)(O2)C(=O)C(=O)N2CCCC[C@H]2C(=O)O[C@H]([C@H](C)C[C@@H]2CC[C@@](C)(O)[C@H](OC)C2)CC(=O)[C@H](C)/C=C(\C)[C@@H](O)[C@@H](OC)C(=O)[C@H](C)C[C@H](C)/C=C/C=CC=C1C. The number of piperidine rings is 1. The number of carbonyl (C=O) groups is 5. The Hall–Kier alpha value is -3.37. The van der Waals surface area contributed by atoms with E-state index in [1.807, 2.05) is 58.1 Å². The van der Waals surface area contributed by atoms with Gasteiger partial charge in [-0.15, -0.1) is 0 Å². The normalized spacial score (nSPS) is 39.8. The van der Waals surface area contributed by atoms with Crippen LogP contribution in [0.3, 0.4) is 0 Å². The van der Waals surface area contributed by atoms with Gasteiger partial charge in [0.1, 0.15) is 30.1 Å². The molecule has 14 nitrogen and oxygen atoms in total. The van der Waals surface area contributed by atoms with E-state index in [4.69, 9.17) is 23.7 Å². The fraction of sp³-hybridized carbons (Fsp3) is 0.750. The van der Waals surface area contributed by atoms with Crippen LogP contribution in [-0.2, 0) is 47.7 Å². The minimum atomic E-state index is -2.43. The number of hydrogen-bond acceptors (Lipinski definition) is 13. The maximum absolute atomic E-state index is 14.4. The number of nitrogens with zero attached hydrogens (tertiary/aromatic N) is 1. The van der Waals surface area contributed by atoms with Crippen LogP contribution in [0.5, 0.6) is 0 Å². The molecule has 372 valence electrons. The number of hydrogen-bond donors (Lipinski definition) is 3. The molecule has 14 heteroatoms. The van der Waals surface area contributed by atoms with Crippen molar-refractivity contribution in [1.29, 1.82) is 0 Å². The number of carbonyl (C=O) groups excluding carboxylic acids is 5. The fourth-order valence-corrected chi connectivity index (χ4v) is 10.3. The number of fused-ring (bicyclic) bond motifs is 3. The second-order valence-electron chi connectivity index (χ2n) is 20.3. The van der Waals surface area contributed by atoms with Crippen molar-refractivity contribution in [3.05, 3.63) is 47.6 Å². The highest BCUT2D eigenvalue weighted by molar-refractivity contribution is 6.39. The van der Waals surface area contributed by atoms with E-state index in [0.29, 0.717) is 69.8 Å². The van der Waals surface area contributed by atoms with Crippen LogP contribution >= 0.6 is 0 Å². The van der Waals surface area contributed by atoms with Crippen LogP contribution in [0.4, 0.5) is 0 Å². The molecule has 4 rings (SSSR count). The first-order valence-corrected chi connectivity index (χ1v) is 24.3. The minimum Gasteiger partial charge on any atom is -0.460 e. The average Bonchev–Trinajstić information content (AvgIpc) is 3.28. The van der Waals surface area contributed by atoms with E-state index in [2.05, 4.69) is 0 Å². The molecule has 0 unspecified atom stereocenters. The summed E-state index contributed by atoms with van der Waals surface area (Å²) in [6.45, 7) is 14.5. The molecule has 66 heavy (non-hydrogen) atoms. The second-order valence-corrected chi connectivity index (χ2v) is 20.3. The summed E-state index contributed by atoms with van der Waals surface area (Å²) in [5.41, 5.74) is 0.275. The van der Waals surface area contributed by atoms with Crippen molar-refractivity contribution in [3.8, 4) is 0 Å². The molecule has 3 heterocycles. The van der Waals surface area contributed by atoms with Crippen LogP contribution in [0.15, 0.2) is 47.6 Å². The molecule has 0 aromatic carbocycles. The molecule has 3 N–H and O–H groups in total. The maximum Gasteiger partial charge on any atom is 0.329 e. The van der Waals surface area contributed by atoms with Crippen LogP contribution < -0.4 is 0 Å². The molecule has 2 bridgehead atoms. The Labute approximate surface area is 393 Å². The fourth-order valence-electron chi connectivity index (χ4n) is 10.3. The summed E-state index contributed by atoms with van der Waals surface area (Å²) in [6, 6.07) is -1.14. The number of aliphatic hydroxyl groups excluding tert-OH is 1. The third-order valence-electron chi connectivity index (χ3n) is 14.9. The highest BCUT2D eigenvalue weighted by Gasteiger charge is 2.53. The van der Waals surface area contributed by atoms with Gasteiger partial charge in [0.2, 0.25) is 5.79 Å². The Morgan fingerprint density at radius 3 is 2.24 bits per heavy atom. The highest BCUT2D eigenvalue weighted by atomic mass is 16.6. The number of cyclic esters (lactones) is 1. The van der Waals surface area contributed by atoms with Gasteiger partial charge in [0.15, 0.2) is 5.78 Å². The third kappa shape index (κ3) is 14.1. The van der Waals surface area contributed by atoms with Crippen LogP contribution in [0, 0.1) is 35.5 Å². The number of methoxy groups -OCH3 is 3. The Kier molecular flexibility index (Phi) is 20.7. The van der Waals surface area contributed by atoms with Crippen molar-refractivity contribution in [2.24, 2.45) is 35.5 Å². The molecule has 2 saturated heterocycles. The molecule has 1 aliphatic carbocycles. The van der Waals surface area contributed by atoms with Gasteiger partial charge >= 0.3 is 5.97 Å². The number of allylic oxidation sites excluding steroid dienone is 6. The van der Waals surface area contributed by atoms with Gasteiger partial charge in [-0.3, -0.25) is 19.2 Å². The van der Waals surface area contributed by atoms with E-state index in [0.717, 1.165) is 5.57 Å². The lowest BCUT2D eigenvalue weighted by molar-refractivity contribution is -0.265. The smallest absolute Gasteiger partial charge is 0.329 e. The zero-order chi connectivity index (χ0) is 49.1. The average molecular weight is 928 g/mol. The second kappa shape index (κ2) is 24.8. The Morgan fingerprint density at radius 1 is 0.864 bits per heavy atom. The van der Waals surface area contributed by atoms with E-state index in [9.17, 15) is 39.3 Å². The number of ketones is 3. The molecular formula is C52H81NO13. The van der Waals surface area contributed by atoms with Gasteiger partial charge < -0.3 is 43.9 Å². The highest BCUT2D eigenvalue weighted by Crippen LogP contribution is 2.39. The first-order chi connectivity index (χ1) is 31.1. The van der Waals surface area contributed by atoms with Gasteiger partial charge in [0.05, 0.1) is 23.9 Å². The number of amides is 1. The number of esters is 1. The molecule has 0 aromatic heterocycles. The Morgan fingerprint density at radius 2 is 1.58 bits per heavy atom. The van der Waals surface area contributed by atoms with E-state index < -0.39 is 89.5 Å². The lowest BCUT2D eigenvalue weighted by atomic mass is 9.73. The number of Topliss-reactive ketones (excluding diaryl/α,β-unsaturated/α-hetero) is 3. The van der Waals surface area contributed by atoms with Gasteiger partial charge in [0, 0.05) is 58.5 Å². The summed E-state index contributed by atoms with van der Waals surface area (Å²) in [5, 5.41) is 34.3. The van der Waals surface area contributed by atoms with Crippen LogP contribution in [-0.4, -0.2) is 131 Å². The van der Waals surface area contributed by atoms with Crippen molar-refractivity contribution in [2.45, 2.75) is 186 Å². The van der Waals surface area contributed by atoms with Gasteiger partial charge in [-0.2, -0.15) is 0 Å². The van der Waals surface area contributed by atoms with Crippen LogP contribution in [0.2, 0.25) is 0 Å². The molecule has 1 amide bonds. The Bertz CT molecular complexity index is 1800. The number of aliphatic hydroxyl groups is 3. The van der Waals surface area contributed by atoms with Gasteiger partial charge in [-0.05, 0) is 114 Å². The molecule has 15 atom stereocenters. The molecule has 1 saturated carbocycles. The van der Waals surface area contributed by atoms with Crippen LogP contribution in [0.25, 0.3) is 0 Å². The summed E-state index contributed by atoms with van der Waals surface area (Å²) in [5.74, 6) is -8.01. The van der Waals surface area contributed by atoms with E-state index >= 15 is 0 Å². The minimum absolute atomic E-state index is 0.0177. The molecular weight excluding hydrogens is 847 g/mol. The summed E-state index contributed by atoms with van der Waals surface area (Å²) in [7, 11) is 4.53. The molecule has 3 aliphatic heterocycles. The third-order valence-corrected chi connectivity index (χ3v) is 14.9. The zero-order valence-electron chi connectivity index (χ0n) is 41.5. The summed E-state index contributed by atoms with van der Waals surface area (Å²) in [4.78, 5) is 71.9. The molecule has 0 radical (unpaired) electrons. The first-order valence-electron chi connectivity index (χ1n) is 24.3. The Balaban J connectivity index is 1.71. The largest absolute Gasteiger partial charge is 0.460 e. The van der Waals surface area contributed by atoms with Crippen molar-refractivity contribution in [1.82, 2.24) is 4.90 Å². The standard InChI is InChI=1S/C52H81NO13/c1-31-17-13-12-14-18-32(2)42(62-9)29-39-21-20-37(7)52(61,66-39)48(57)49(58)53-24-16-15-19-40(53)50(59)65-43(34(4)27-38-22-23-51(8,60)44(28-38)63-10)30-41(54)33(3)26-36(6)46(56)47(64-11)45(55)35(5)25-31/h12-14,17-18,26,31,33-35,37-40,42-44,46-47,56,60-61H,15-16,19-25,27-30H2,1-11H3/b14-12?,17-13+,32-18?,36-26+/t31-,33-,34-,35-,37-,38+,39+,40+,42+,43+,44-,46-,47+,51-,52-/m1/s1. The summed E-state index contributed by atoms with van der Waals surface area (Å²) in [6.07, 6.45) is 11.6. The lowest BCUT2D eigenvalue weighted by Gasteiger charge is -2.43. The molecule has 3 fully saturated rings.